The Morgan fingerprint density at radius 3 is 0.915 bits per heavy atom. The summed E-state index contributed by atoms with van der Waals surface area (Å²) in [5.41, 5.74) is 23.0. The van der Waals surface area contributed by atoms with Crippen LogP contribution in [0, 0.1) is 0 Å². The predicted molar refractivity (Wildman–Crippen MR) is 388 cm³/mol. The van der Waals surface area contributed by atoms with Crippen molar-refractivity contribution in [3.8, 4) is 113 Å². The highest BCUT2D eigenvalue weighted by Crippen LogP contribution is 2.57. The first-order chi connectivity index (χ1) is 46.6. The fourth-order valence-corrected chi connectivity index (χ4v) is 17.1. The highest BCUT2D eigenvalue weighted by Gasteiger charge is 2.41. The molecule has 438 valence electrons. The van der Waals surface area contributed by atoms with Gasteiger partial charge in [0.2, 0.25) is 0 Å². The summed E-state index contributed by atoms with van der Waals surface area (Å²) in [5, 5.41) is 5.06. The zero-order chi connectivity index (χ0) is 61.8. The molecule has 2 bridgehead atoms. The van der Waals surface area contributed by atoms with E-state index >= 15 is 0 Å². The number of hydrogen-bond acceptors (Lipinski definition) is 8. The lowest BCUT2D eigenvalue weighted by Crippen LogP contribution is -2.27. The molecule has 0 radical (unpaired) electrons. The van der Waals surface area contributed by atoms with Gasteiger partial charge in [-0.05, 0) is 91.0 Å². The molecule has 2 unspecified atom stereocenters. The SMILES string of the molecule is c1ccc(-c2nc(-c3ccc(-c4ccc5c(c4)C4c6ccccc6C5c5cc(-c6ccc(-c7nc(-c8ccccc8)nc(-c8ccccc8-c8cccc9c8sc8ccccc89)n7)cc6)ccc54)cc3)nc(-c3ccccc3-c3cccc4c3sc3ccccc34)n2)cc1. The second-order valence-electron chi connectivity index (χ2n) is 24.3. The number of thiophene rings is 2. The maximum absolute atomic E-state index is 5.30. The van der Waals surface area contributed by atoms with Crippen LogP contribution in [0.25, 0.3) is 153 Å². The first-order valence-electron chi connectivity index (χ1n) is 31.8. The third-order valence-corrected chi connectivity index (χ3v) is 21.5. The van der Waals surface area contributed by atoms with Crippen LogP contribution in [0.5, 0.6) is 0 Å². The molecule has 13 aromatic carbocycles. The van der Waals surface area contributed by atoms with Crippen molar-refractivity contribution < 1.29 is 0 Å². The molecule has 0 N–H and O–H groups in total. The lowest BCUT2D eigenvalue weighted by atomic mass is 9.60. The van der Waals surface area contributed by atoms with E-state index in [0.29, 0.717) is 34.9 Å². The van der Waals surface area contributed by atoms with E-state index in [0.717, 1.165) is 55.6 Å². The van der Waals surface area contributed by atoms with Gasteiger partial charge in [-0.15, -0.1) is 22.7 Å². The van der Waals surface area contributed by atoms with Crippen LogP contribution in [0.3, 0.4) is 0 Å². The maximum Gasteiger partial charge on any atom is 0.164 e. The van der Waals surface area contributed by atoms with Crippen LogP contribution in [0.15, 0.2) is 303 Å². The molecule has 2 atom stereocenters. The third kappa shape index (κ3) is 8.97. The van der Waals surface area contributed by atoms with Gasteiger partial charge in [0.05, 0.1) is 0 Å². The molecule has 8 heteroatoms. The van der Waals surface area contributed by atoms with Crippen molar-refractivity contribution in [2.24, 2.45) is 0 Å². The van der Waals surface area contributed by atoms with E-state index in [9.17, 15) is 0 Å². The Bertz CT molecular complexity index is 5520. The van der Waals surface area contributed by atoms with Crippen LogP contribution >= 0.6 is 22.7 Å². The van der Waals surface area contributed by atoms with E-state index in [-0.39, 0.29) is 11.8 Å². The fourth-order valence-electron chi connectivity index (χ4n) is 14.6. The first kappa shape index (κ1) is 54.1. The van der Waals surface area contributed by atoms with Crippen molar-refractivity contribution >= 4 is 63.0 Å². The number of nitrogens with zero attached hydrogens (tertiary/aromatic N) is 6. The summed E-state index contributed by atoms with van der Waals surface area (Å²) in [6.07, 6.45) is 0. The molecule has 17 aromatic rings. The van der Waals surface area contributed by atoms with E-state index < -0.39 is 0 Å². The molecule has 0 aliphatic heterocycles. The van der Waals surface area contributed by atoms with E-state index in [4.69, 9.17) is 29.9 Å². The third-order valence-electron chi connectivity index (χ3n) is 19.0. The Morgan fingerprint density at radius 1 is 0.191 bits per heavy atom. The van der Waals surface area contributed by atoms with Gasteiger partial charge in [0, 0.05) is 96.7 Å². The lowest BCUT2D eigenvalue weighted by Gasteiger charge is -2.42. The summed E-state index contributed by atoms with van der Waals surface area (Å²) in [4.78, 5) is 31.4. The van der Waals surface area contributed by atoms with E-state index in [2.05, 4.69) is 267 Å². The Hall–Kier alpha value is -11.7. The van der Waals surface area contributed by atoms with Gasteiger partial charge in [-0.2, -0.15) is 0 Å². The predicted octanol–water partition coefficient (Wildman–Crippen LogP) is 22.4. The zero-order valence-electron chi connectivity index (χ0n) is 50.5. The van der Waals surface area contributed by atoms with Gasteiger partial charge in [0.25, 0.3) is 0 Å². The van der Waals surface area contributed by atoms with Crippen LogP contribution in [0.2, 0.25) is 0 Å². The Morgan fingerprint density at radius 2 is 0.489 bits per heavy atom. The molecular formula is C86H52N6S2. The molecule has 94 heavy (non-hydrogen) atoms. The average molecular weight is 1230 g/mol. The molecule has 0 spiro atoms. The molecule has 3 aliphatic rings. The van der Waals surface area contributed by atoms with Crippen LogP contribution < -0.4 is 0 Å². The van der Waals surface area contributed by atoms with Crippen molar-refractivity contribution in [2.45, 2.75) is 11.8 Å². The van der Waals surface area contributed by atoms with Gasteiger partial charge in [-0.25, -0.2) is 29.9 Å². The summed E-state index contributed by atoms with van der Waals surface area (Å²) < 4.78 is 5.05. The molecule has 0 fully saturated rings. The smallest absolute Gasteiger partial charge is 0.164 e. The summed E-state index contributed by atoms with van der Waals surface area (Å²) in [6.45, 7) is 0. The van der Waals surface area contributed by atoms with Crippen molar-refractivity contribution in [3.05, 3.63) is 337 Å². The van der Waals surface area contributed by atoms with Crippen molar-refractivity contribution in [1.82, 2.24) is 29.9 Å². The molecule has 3 aliphatic carbocycles. The summed E-state index contributed by atoms with van der Waals surface area (Å²) >= 11 is 3.67. The zero-order valence-corrected chi connectivity index (χ0v) is 52.2. The van der Waals surface area contributed by atoms with Crippen LogP contribution in [0.1, 0.15) is 45.2 Å². The standard InChI is InChI=1S/C86H52N6S2/c1-3-19-53(20-4-1)81-87-83(91-85(89-81)71-29-11-7-23-59(71)67-31-17-33-69-61-25-13-15-35-75(61)93-79(67)69)55-41-37-51(38-42-55)57-45-47-65-73(49-57)77-63-27-9-10-28-64(63)78(65)74-50-58(46-48-66(74)77)52-39-43-56(44-40-52)84-88-82(54-21-5-2-6-22-54)90-86(92-84)72-30-12-8-24-60(72)68-32-18-34-70-62-26-14-16-36-76(62)94-80(68)70/h1-50,77-78H. The largest absolute Gasteiger partial charge is 0.208 e. The molecule has 4 heterocycles. The van der Waals surface area contributed by atoms with Gasteiger partial charge >= 0.3 is 0 Å². The quantitative estimate of drug-likeness (QED) is 0.136. The number of fused-ring (bicyclic) bond motifs is 6. The van der Waals surface area contributed by atoms with Crippen molar-refractivity contribution in [1.29, 1.82) is 0 Å². The Kier molecular flexibility index (Phi) is 12.7. The summed E-state index contributed by atoms with van der Waals surface area (Å²) in [5.74, 6) is 3.97. The van der Waals surface area contributed by atoms with Crippen LogP contribution in [0.4, 0.5) is 0 Å². The number of rotatable bonds is 10. The number of benzene rings is 13. The monoisotopic (exact) mass is 1230 g/mol. The molecule has 0 saturated carbocycles. The van der Waals surface area contributed by atoms with Crippen LogP contribution in [-0.4, -0.2) is 29.9 Å². The van der Waals surface area contributed by atoms with Crippen LogP contribution in [-0.2, 0) is 0 Å². The summed E-state index contributed by atoms with van der Waals surface area (Å²) in [6, 6.07) is 109. The molecule has 0 amide bonds. The Labute approximate surface area is 550 Å². The topological polar surface area (TPSA) is 77.3 Å². The maximum atomic E-state index is 5.30. The van der Waals surface area contributed by atoms with Gasteiger partial charge in [0.1, 0.15) is 0 Å². The van der Waals surface area contributed by atoms with Gasteiger partial charge in [-0.1, -0.05) is 279 Å². The number of hydrogen-bond donors (Lipinski definition) is 0. The van der Waals surface area contributed by atoms with E-state index in [1.807, 2.05) is 59.1 Å². The molecule has 6 nitrogen and oxygen atoms in total. The minimum absolute atomic E-state index is 0.0930. The second kappa shape index (κ2) is 22.0. The first-order valence-corrected chi connectivity index (χ1v) is 33.4. The summed E-state index contributed by atoms with van der Waals surface area (Å²) in [7, 11) is 0. The fraction of sp³-hybridized carbons (Fsp3) is 0.0233. The van der Waals surface area contributed by atoms with Gasteiger partial charge < -0.3 is 0 Å². The molecule has 4 aromatic heterocycles. The van der Waals surface area contributed by atoms with Gasteiger partial charge in [-0.3, -0.25) is 0 Å². The van der Waals surface area contributed by atoms with E-state index in [1.54, 1.807) is 0 Å². The minimum Gasteiger partial charge on any atom is -0.208 e. The molecule has 0 saturated heterocycles. The van der Waals surface area contributed by atoms with Crippen molar-refractivity contribution in [2.75, 3.05) is 0 Å². The highest BCUT2D eigenvalue weighted by molar-refractivity contribution is 7.26. The highest BCUT2D eigenvalue weighted by atomic mass is 32.1. The molecule has 20 rings (SSSR count). The lowest BCUT2D eigenvalue weighted by molar-refractivity contribution is 0.755. The second-order valence-corrected chi connectivity index (χ2v) is 26.4. The average Bonchev–Trinajstić information content (AvgIpc) is 1.00. The van der Waals surface area contributed by atoms with Crippen molar-refractivity contribution in [3.63, 3.8) is 0 Å². The minimum atomic E-state index is 0.0930. The van der Waals surface area contributed by atoms with Gasteiger partial charge in [0.15, 0.2) is 34.9 Å². The Balaban J connectivity index is 0.642. The van der Waals surface area contributed by atoms with E-state index in [1.165, 1.54) is 96.0 Å². The number of aromatic nitrogens is 6. The molecular weight excluding hydrogens is 1180 g/mol. The normalized spacial score (nSPS) is 13.7.